The molecule has 0 bridgehead atoms. The lowest BCUT2D eigenvalue weighted by atomic mass is 10.2. The van der Waals surface area contributed by atoms with E-state index >= 15 is 0 Å². The molecule has 0 spiro atoms. The standard InChI is InChI=1S/C21H21ClN4O4S/c22-18-7-3-2-6-16(18)14-23-20(27)21-24-19(25-30-21)15-8-10-17(11-9-15)31(28,29)26-12-4-1-5-13-26/h2-3,6-11H,1,4-5,12-14H2,(H,23,27). The van der Waals surface area contributed by atoms with Crippen LogP contribution in [-0.2, 0) is 16.6 Å². The van der Waals surface area contributed by atoms with Crippen molar-refractivity contribution in [3.8, 4) is 11.4 Å². The van der Waals surface area contributed by atoms with Crippen molar-refractivity contribution in [1.82, 2.24) is 19.8 Å². The van der Waals surface area contributed by atoms with Gasteiger partial charge in [0.05, 0.1) is 4.90 Å². The van der Waals surface area contributed by atoms with E-state index < -0.39 is 15.9 Å². The fourth-order valence-corrected chi connectivity index (χ4v) is 5.08. The Balaban J connectivity index is 1.44. The second-order valence-corrected chi connectivity index (χ2v) is 9.53. The molecule has 1 saturated heterocycles. The molecule has 1 fully saturated rings. The normalized spacial score (nSPS) is 15.0. The lowest BCUT2D eigenvalue weighted by molar-refractivity contribution is 0.0907. The van der Waals surface area contributed by atoms with Gasteiger partial charge in [-0.25, -0.2) is 8.42 Å². The van der Waals surface area contributed by atoms with E-state index in [9.17, 15) is 13.2 Å². The molecule has 8 nitrogen and oxygen atoms in total. The monoisotopic (exact) mass is 460 g/mol. The van der Waals surface area contributed by atoms with E-state index in [0.29, 0.717) is 23.7 Å². The third-order valence-electron chi connectivity index (χ3n) is 5.08. The SMILES string of the molecule is O=C(NCc1ccccc1Cl)c1nc(-c2ccc(S(=O)(=O)N3CCCCC3)cc2)no1. The van der Waals surface area contributed by atoms with Crippen molar-refractivity contribution in [2.45, 2.75) is 30.7 Å². The van der Waals surface area contributed by atoms with Crippen LogP contribution in [0.1, 0.15) is 35.5 Å². The molecule has 1 amide bonds. The van der Waals surface area contributed by atoms with Gasteiger partial charge in [-0.05, 0) is 48.7 Å². The molecule has 10 heteroatoms. The molecule has 2 heterocycles. The Bertz CT molecular complexity index is 1170. The number of piperidine rings is 1. The highest BCUT2D eigenvalue weighted by Gasteiger charge is 2.26. The average Bonchev–Trinajstić information content (AvgIpc) is 3.29. The molecule has 2 aromatic carbocycles. The first kappa shape index (κ1) is 21.5. The number of sulfonamides is 1. The van der Waals surface area contributed by atoms with Gasteiger partial charge in [-0.2, -0.15) is 9.29 Å². The van der Waals surface area contributed by atoms with Crippen LogP contribution in [0.15, 0.2) is 57.9 Å². The zero-order chi connectivity index (χ0) is 21.8. The Hall–Kier alpha value is -2.75. The minimum atomic E-state index is -3.51. The predicted octanol–water partition coefficient (Wildman–Crippen LogP) is 3.49. The molecule has 1 aromatic heterocycles. The van der Waals surface area contributed by atoms with Crippen molar-refractivity contribution in [3.05, 3.63) is 65.0 Å². The van der Waals surface area contributed by atoms with E-state index in [-0.39, 0.29) is 23.2 Å². The minimum Gasteiger partial charge on any atom is -0.344 e. The summed E-state index contributed by atoms with van der Waals surface area (Å²) in [5.41, 5.74) is 1.31. The number of hydrogen-bond acceptors (Lipinski definition) is 6. The van der Waals surface area contributed by atoms with Crippen molar-refractivity contribution in [3.63, 3.8) is 0 Å². The van der Waals surface area contributed by atoms with Crippen LogP contribution in [0.3, 0.4) is 0 Å². The summed E-state index contributed by atoms with van der Waals surface area (Å²) in [6, 6.07) is 13.4. The van der Waals surface area contributed by atoms with Crippen molar-refractivity contribution < 1.29 is 17.7 Å². The van der Waals surface area contributed by atoms with Gasteiger partial charge in [-0.3, -0.25) is 4.79 Å². The van der Waals surface area contributed by atoms with Crippen LogP contribution >= 0.6 is 11.6 Å². The second kappa shape index (κ2) is 9.17. The zero-order valence-corrected chi connectivity index (χ0v) is 18.2. The average molecular weight is 461 g/mol. The number of aromatic nitrogens is 2. The number of amides is 1. The number of halogens is 1. The largest absolute Gasteiger partial charge is 0.344 e. The van der Waals surface area contributed by atoms with Gasteiger partial charge in [-0.15, -0.1) is 0 Å². The van der Waals surface area contributed by atoms with Crippen LogP contribution in [0.2, 0.25) is 5.02 Å². The Morgan fingerprint density at radius 3 is 2.48 bits per heavy atom. The van der Waals surface area contributed by atoms with Gasteiger partial charge >= 0.3 is 11.8 Å². The van der Waals surface area contributed by atoms with Gasteiger partial charge in [0.1, 0.15) is 0 Å². The Morgan fingerprint density at radius 1 is 1.06 bits per heavy atom. The molecule has 31 heavy (non-hydrogen) atoms. The number of benzene rings is 2. The maximum atomic E-state index is 12.8. The molecule has 0 atom stereocenters. The summed E-state index contributed by atoms with van der Waals surface area (Å²) in [5.74, 6) is -0.514. The smallest absolute Gasteiger partial charge is 0.316 e. The highest BCUT2D eigenvalue weighted by atomic mass is 35.5. The van der Waals surface area contributed by atoms with Gasteiger partial charge in [0.2, 0.25) is 15.8 Å². The summed E-state index contributed by atoms with van der Waals surface area (Å²) in [7, 11) is -3.51. The first-order chi connectivity index (χ1) is 14.9. The number of nitrogens with one attached hydrogen (secondary N) is 1. The quantitative estimate of drug-likeness (QED) is 0.603. The second-order valence-electron chi connectivity index (χ2n) is 7.19. The third-order valence-corrected chi connectivity index (χ3v) is 7.36. The molecule has 4 rings (SSSR count). The summed E-state index contributed by atoms with van der Waals surface area (Å²) in [6.07, 6.45) is 2.81. The maximum Gasteiger partial charge on any atom is 0.316 e. The van der Waals surface area contributed by atoms with Crippen molar-refractivity contribution in [2.24, 2.45) is 0 Å². The van der Waals surface area contributed by atoms with Gasteiger partial charge in [0.25, 0.3) is 0 Å². The summed E-state index contributed by atoms with van der Waals surface area (Å²) >= 11 is 6.08. The van der Waals surface area contributed by atoms with E-state index in [1.165, 1.54) is 16.4 Å². The summed E-state index contributed by atoms with van der Waals surface area (Å²) in [6.45, 7) is 1.31. The minimum absolute atomic E-state index is 0.188. The maximum absolute atomic E-state index is 12.8. The van der Waals surface area contributed by atoms with E-state index in [1.54, 1.807) is 30.3 Å². The molecule has 0 unspecified atom stereocenters. The van der Waals surface area contributed by atoms with Crippen LogP contribution in [0.25, 0.3) is 11.4 Å². The fraction of sp³-hybridized carbons (Fsp3) is 0.286. The molecule has 1 aliphatic rings. The van der Waals surface area contributed by atoms with E-state index in [0.717, 1.165) is 24.8 Å². The molecule has 0 radical (unpaired) electrons. The number of hydrogen-bond donors (Lipinski definition) is 1. The van der Waals surface area contributed by atoms with Crippen molar-refractivity contribution >= 4 is 27.5 Å². The number of carbonyl (C=O) groups is 1. The Labute approximate surface area is 185 Å². The number of nitrogens with zero attached hydrogens (tertiary/aromatic N) is 3. The van der Waals surface area contributed by atoms with Crippen molar-refractivity contribution in [1.29, 1.82) is 0 Å². The van der Waals surface area contributed by atoms with Gasteiger partial charge in [-0.1, -0.05) is 41.4 Å². The summed E-state index contributed by atoms with van der Waals surface area (Å²) in [5, 5.41) is 7.06. The molecule has 162 valence electrons. The van der Waals surface area contributed by atoms with Gasteiger partial charge in [0, 0.05) is 30.2 Å². The Morgan fingerprint density at radius 2 is 1.77 bits per heavy atom. The van der Waals surface area contributed by atoms with Crippen LogP contribution in [0, 0.1) is 0 Å². The highest BCUT2D eigenvalue weighted by Crippen LogP contribution is 2.23. The first-order valence-corrected chi connectivity index (χ1v) is 11.7. The van der Waals surface area contributed by atoms with E-state index in [1.807, 2.05) is 6.07 Å². The van der Waals surface area contributed by atoms with Gasteiger partial charge in [0.15, 0.2) is 0 Å². The molecule has 3 aromatic rings. The molecule has 1 aliphatic heterocycles. The number of rotatable bonds is 6. The summed E-state index contributed by atoms with van der Waals surface area (Å²) in [4.78, 5) is 16.6. The van der Waals surface area contributed by atoms with Crippen molar-refractivity contribution in [2.75, 3.05) is 13.1 Å². The molecule has 0 saturated carbocycles. The third kappa shape index (κ3) is 4.79. The lowest BCUT2D eigenvalue weighted by Crippen LogP contribution is -2.35. The van der Waals surface area contributed by atoms with Crippen LogP contribution < -0.4 is 5.32 Å². The molecule has 1 N–H and O–H groups in total. The topological polar surface area (TPSA) is 105 Å². The fourth-order valence-electron chi connectivity index (χ4n) is 3.36. The molecular weight excluding hydrogens is 440 g/mol. The first-order valence-electron chi connectivity index (χ1n) is 9.91. The predicted molar refractivity (Wildman–Crippen MR) is 115 cm³/mol. The van der Waals surface area contributed by atoms with E-state index in [2.05, 4.69) is 15.5 Å². The molecular formula is C21H21ClN4O4S. The van der Waals surface area contributed by atoms with E-state index in [4.69, 9.17) is 16.1 Å². The zero-order valence-electron chi connectivity index (χ0n) is 16.6. The lowest BCUT2D eigenvalue weighted by Gasteiger charge is -2.25. The summed E-state index contributed by atoms with van der Waals surface area (Å²) < 4.78 is 32.1. The highest BCUT2D eigenvalue weighted by molar-refractivity contribution is 7.89. The van der Waals surface area contributed by atoms with Crippen LogP contribution in [0.4, 0.5) is 0 Å². The van der Waals surface area contributed by atoms with Gasteiger partial charge < -0.3 is 9.84 Å². The Kier molecular flexibility index (Phi) is 6.35. The number of carbonyl (C=O) groups excluding carboxylic acids is 1. The van der Waals surface area contributed by atoms with Crippen LogP contribution in [0.5, 0.6) is 0 Å². The van der Waals surface area contributed by atoms with Crippen LogP contribution in [-0.4, -0.2) is 41.9 Å². The molecule has 0 aliphatic carbocycles.